The summed E-state index contributed by atoms with van der Waals surface area (Å²) in [5.41, 5.74) is 0.750. The first-order chi connectivity index (χ1) is 14.8. The SMILES string of the molecule is C[C@]12CC/C(=N\O[C@@H]3CCNC3)C[C@@H]1[C@@H](O[N+](=O)[O-])C[C@@H]1[C@@H]2CC[C@]2(C)C(=O)CC[C@@H]12. The van der Waals surface area contributed by atoms with Gasteiger partial charge in [0.05, 0.1) is 5.71 Å². The molecule has 1 aliphatic heterocycles. The van der Waals surface area contributed by atoms with E-state index in [4.69, 9.17) is 9.68 Å². The summed E-state index contributed by atoms with van der Waals surface area (Å²) in [4.78, 5) is 35.2. The topological polar surface area (TPSA) is 103 Å². The van der Waals surface area contributed by atoms with Gasteiger partial charge in [-0.05, 0) is 80.6 Å². The van der Waals surface area contributed by atoms with Gasteiger partial charge in [0.2, 0.25) is 0 Å². The van der Waals surface area contributed by atoms with Crippen LogP contribution in [0.15, 0.2) is 5.16 Å². The zero-order valence-electron chi connectivity index (χ0n) is 18.7. The molecule has 1 heterocycles. The second-order valence-corrected chi connectivity index (χ2v) is 11.1. The highest BCUT2D eigenvalue weighted by Crippen LogP contribution is 2.65. The Balaban J connectivity index is 1.40. The quantitative estimate of drug-likeness (QED) is 0.537. The number of hydrogen-bond acceptors (Lipinski definition) is 7. The first-order valence-electron chi connectivity index (χ1n) is 12.1. The summed E-state index contributed by atoms with van der Waals surface area (Å²) in [5, 5.41) is 18.6. The molecule has 0 aromatic carbocycles. The Morgan fingerprint density at radius 3 is 2.71 bits per heavy atom. The van der Waals surface area contributed by atoms with E-state index in [1.165, 1.54) is 0 Å². The molecule has 0 aromatic heterocycles. The third-order valence-electron chi connectivity index (χ3n) is 9.77. The lowest BCUT2D eigenvalue weighted by Gasteiger charge is -2.61. The van der Waals surface area contributed by atoms with E-state index in [-0.39, 0.29) is 22.9 Å². The van der Waals surface area contributed by atoms with Crippen LogP contribution in [-0.4, -0.2) is 41.9 Å². The summed E-state index contributed by atoms with van der Waals surface area (Å²) in [6, 6.07) is 0. The molecule has 4 aliphatic carbocycles. The summed E-state index contributed by atoms with van der Waals surface area (Å²) < 4.78 is 0. The summed E-state index contributed by atoms with van der Waals surface area (Å²) in [7, 11) is 0. The second kappa shape index (κ2) is 7.71. The van der Waals surface area contributed by atoms with Crippen LogP contribution in [0.2, 0.25) is 0 Å². The lowest BCUT2D eigenvalue weighted by atomic mass is 9.44. The third kappa shape index (κ3) is 3.45. The number of hydrogen-bond donors (Lipinski definition) is 1. The molecule has 1 saturated heterocycles. The molecular formula is C23H35N3O5. The third-order valence-corrected chi connectivity index (χ3v) is 9.77. The lowest BCUT2D eigenvalue weighted by molar-refractivity contribution is -0.772. The van der Waals surface area contributed by atoms with E-state index < -0.39 is 11.2 Å². The van der Waals surface area contributed by atoms with Crippen molar-refractivity contribution in [3.8, 4) is 0 Å². The van der Waals surface area contributed by atoms with Gasteiger partial charge in [-0.15, -0.1) is 10.1 Å². The van der Waals surface area contributed by atoms with Gasteiger partial charge < -0.3 is 15.0 Å². The van der Waals surface area contributed by atoms with Crippen molar-refractivity contribution in [1.29, 1.82) is 0 Å². The molecule has 8 atom stereocenters. The summed E-state index contributed by atoms with van der Waals surface area (Å²) in [6.45, 7) is 6.25. The van der Waals surface area contributed by atoms with Gasteiger partial charge in [0.15, 0.2) is 0 Å². The smallest absolute Gasteiger partial charge is 0.294 e. The maximum absolute atomic E-state index is 12.7. The maximum atomic E-state index is 12.7. The van der Waals surface area contributed by atoms with Gasteiger partial charge in [0, 0.05) is 24.8 Å². The van der Waals surface area contributed by atoms with E-state index in [2.05, 4.69) is 24.3 Å². The number of Topliss-reactive ketones (excluding diaryl/α,β-unsaturated/α-hetero) is 1. The Hall–Kier alpha value is -1.70. The summed E-state index contributed by atoms with van der Waals surface area (Å²) in [5.74, 6) is 1.62. The lowest BCUT2D eigenvalue weighted by Crippen LogP contribution is -2.58. The highest BCUT2D eigenvalue weighted by atomic mass is 17.0. The van der Waals surface area contributed by atoms with Crippen LogP contribution in [0.25, 0.3) is 0 Å². The fourth-order valence-electron chi connectivity index (χ4n) is 8.02. The Morgan fingerprint density at radius 2 is 1.97 bits per heavy atom. The standard InChI is InChI=1S/C23H35N3O5/c1-22-8-5-14(25-30-15-7-10-24-13-15)11-19(22)20(31-26(28)29)12-16-17-3-4-21(27)23(17,2)9-6-18(16)22/h15-20,24H,3-13H2,1-2H3/b25-14+/t15-,16+,17+,18+,19-,20+,22-,23+/m1/s1. The van der Waals surface area contributed by atoms with Crippen molar-refractivity contribution in [2.24, 2.45) is 39.7 Å². The predicted molar refractivity (Wildman–Crippen MR) is 114 cm³/mol. The van der Waals surface area contributed by atoms with Crippen molar-refractivity contribution in [2.45, 2.75) is 83.8 Å². The molecule has 8 heteroatoms. The molecule has 0 spiro atoms. The van der Waals surface area contributed by atoms with Crippen LogP contribution in [0.3, 0.4) is 0 Å². The Labute approximate surface area is 183 Å². The van der Waals surface area contributed by atoms with Crippen LogP contribution in [0.4, 0.5) is 0 Å². The van der Waals surface area contributed by atoms with Crippen LogP contribution in [0, 0.1) is 44.6 Å². The number of nitrogens with zero attached hydrogens (tertiary/aromatic N) is 2. The highest BCUT2D eigenvalue weighted by Gasteiger charge is 2.62. The molecule has 5 rings (SSSR count). The fraction of sp³-hybridized carbons (Fsp3) is 0.913. The minimum atomic E-state index is -0.612. The summed E-state index contributed by atoms with van der Waals surface area (Å²) >= 11 is 0. The van der Waals surface area contributed by atoms with Gasteiger partial charge in [0.25, 0.3) is 5.09 Å². The molecule has 0 unspecified atom stereocenters. The van der Waals surface area contributed by atoms with Crippen molar-refractivity contribution in [3.05, 3.63) is 10.1 Å². The first-order valence-corrected chi connectivity index (χ1v) is 12.1. The molecule has 0 radical (unpaired) electrons. The number of oxime groups is 1. The predicted octanol–water partition coefficient (Wildman–Crippen LogP) is 3.52. The number of rotatable bonds is 4. The fourth-order valence-corrected chi connectivity index (χ4v) is 8.02. The Morgan fingerprint density at radius 1 is 1.13 bits per heavy atom. The molecule has 4 saturated carbocycles. The zero-order chi connectivity index (χ0) is 21.8. The van der Waals surface area contributed by atoms with E-state index in [0.29, 0.717) is 42.8 Å². The minimum absolute atomic E-state index is 0.0233. The van der Waals surface area contributed by atoms with E-state index in [9.17, 15) is 14.9 Å². The van der Waals surface area contributed by atoms with Gasteiger partial charge in [-0.3, -0.25) is 4.79 Å². The van der Waals surface area contributed by atoms with Crippen molar-refractivity contribution in [2.75, 3.05) is 13.1 Å². The van der Waals surface area contributed by atoms with Gasteiger partial charge in [-0.25, -0.2) is 0 Å². The van der Waals surface area contributed by atoms with Gasteiger partial charge in [-0.1, -0.05) is 19.0 Å². The largest absolute Gasteiger partial charge is 0.391 e. The average Bonchev–Trinajstić information content (AvgIpc) is 3.35. The molecule has 0 aromatic rings. The van der Waals surface area contributed by atoms with E-state index in [0.717, 1.165) is 57.3 Å². The van der Waals surface area contributed by atoms with Crippen LogP contribution < -0.4 is 5.32 Å². The van der Waals surface area contributed by atoms with Gasteiger partial charge in [0.1, 0.15) is 18.0 Å². The number of nitrogens with one attached hydrogen (secondary N) is 1. The second-order valence-electron chi connectivity index (χ2n) is 11.1. The van der Waals surface area contributed by atoms with Crippen LogP contribution in [0.5, 0.6) is 0 Å². The number of fused-ring (bicyclic) bond motifs is 5. The van der Waals surface area contributed by atoms with Crippen molar-refractivity contribution >= 4 is 11.5 Å². The van der Waals surface area contributed by atoms with E-state index >= 15 is 0 Å². The molecule has 0 amide bonds. The highest BCUT2D eigenvalue weighted by molar-refractivity contribution is 5.87. The van der Waals surface area contributed by atoms with Crippen LogP contribution in [-0.2, 0) is 14.5 Å². The minimum Gasteiger partial charge on any atom is -0.391 e. The van der Waals surface area contributed by atoms with Crippen molar-refractivity contribution in [1.82, 2.24) is 5.32 Å². The van der Waals surface area contributed by atoms with Crippen molar-refractivity contribution < 1.29 is 19.6 Å². The Kier molecular flexibility index (Phi) is 5.26. The zero-order valence-corrected chi connectivity index (χ0v) is 18.7. The van der Waals surface area contributed by atoms with Gasteiger partial charge in [-0.2, -0.15) is 0 Å². The Bertz CT molecular complexity index is 781. The monoisotopic (exact) mass is 433 g/mol. The molecule has 8 nitrogen and oxygen atoms in total. The average molecular weight is 434 g/mol. The van der Waals surface area contributed by atoms with E-state index in [1.54, 1.807) is 0 Å². The molecule has 31 heavy (non-hydrogen) atoms. The normalized spacial score (nSPS) is 48.1. The van der Waals surface area contributed by atoms with Crippen LogP contribution in [0.1, 0.15) is 71.6 Å². The van der Waals surface area contributed by atoms with E-state index in [1.807, 2.05) is 0 Å². The number of ketones is 1. The molecule has 1 N–H and O–H groups in total. The number of carbonyl (C=O) groups is 1. The first kappa shape index (κ1) is 21.2. The molecule has 5 fully saturated rings. The van der Waals surface area contributed by atoms with Crippen molar-refractivity contribution in [3.63, 3.8) is 0 Å². The van der Waals surface area contributed by atoms with Crippen LogP contribution >= 0.6 is 0 Å². The number of carbonyl (C=O) groups excluding carboxylic acids is 1. The maximum Gasteiger partial charge on any atom is 0.294 e. The molecule has 172 valence electrons. The van der Waals surface area contributed by atoms with Gasteiger partial charge >= 0.3 is 0 Å². The molecular weight excluding hydrogens is 398 g/mol. The molecule has 0 bridgehead atoms. The summed E-state index contributed by atoms with van der Waals surface area (Å²) in [6.07, 6.45) is 7.47. The molecule has 5 aliphatic rings.